The maximum Gasteiger partial charge on any atom is 0.274 e. The first-order chi connectivity index (χ1) is 9.00. The van der Waals surface area contributed by atoms with Crippen molar-refractivity contribution in [3.8, 4) is 0 Å². The highest BCUT2D eigenvalue weighted by Crippen LogP contribution is 2.17. The quantitative estimate of drug-likeness (QED) is 0.925. The molecule has 2 aromatic heterocycles. The summed E-state index contributed by atoms with van der Waals surface area (Å²) in [6.07, 6.45) is 0.858. The van der Waals surface area contributed by atoms with E-state index in [-0.39, 0.29) is 5.91 Å². The second kappa shape index (κ2) is 5.44. The fraction of sp³-hybridized carbons (Fsp3) is 0.385. The summed E-state index contributed by atoms with van der Waals surface area (Å²) >= 11 is 1.70. The zero-order valence-electron chi connectivity index (χ0n) is 11.4. The number of likely N-dealkylation sites (N-methyl/N-ethyl adjacent to an activating group) is 1. The van der Waals surface area contributed by atoms with Gasteiger partial charge >= 0.3 is 0 Å². The van der Waals surface area contributed by atoms with E-state index in [2.05, 4.69) is 11.2 Å². The fourth-order valence-electron chi connectivity index (χ4n) is 1.94. The molecular weight excluding hydrogens is 260 g/mol. The van der Waals surface area contributed by atoms with Crippen molar-refractivity contribution in [3.05, 3.63) is 33.8 Å². The molecule has 0 saturated heterocycles. The van der Waals surface area contributed by atoms with Crippen LogP contribution in [0, 0.1) is 6.92 Å². The number of nitrogens with two attached hydrogens (primary N) is 1. The molecule has 0 saturated carbocycles. The van der Waals surface area contributed by atoms with Gasteiger partial charge in [-0.2, -0.15) is 5.10 Å². The van der Waals surface area contributed by atoms with Crippen LogP contribution in [-0.2, 0) is 13.5 Å². The number of thiophene rings is 1. The van der Waals surface area contributed by atoms with E-state index in [1.165, 1.54) is 4.88 Å². The van der Waals surface area contributed by atoms with Crippen LogP contribution in [-0.4, -0.2) is 34.2 Å². The number of carbonyl (C=O) groups excluding carboxylic acids is 1. The van der Waals surface area contributed by atoms with Gasteiger partial charge in [-0.15, -0.1) is 11.3 Å². The van der Waals surface area contributed by atoms with E-state index in [1.807, 2.05) is 11.4 Å². The lowest BCUT2D eigenvalue weighted by Crippen LogP contribution is -2.30. The van der Waals surface area contributed by atoms with Crippen molar-refractivity contribution in [2.24, 2.45) is 7.05 Å². The molecule has 102 valence electrons. The third-order valence-electron chi connectivity index (χ3n) is 3.09. The Morgan fingerprint density at radius 3 is 2.84 bits per heavy atom. The lowest BCUT2D eigenvalue weighted by Gasteiger charge is -2.17. The van der Waals surface area contributed by atoms with Crippen LogP contribution in [0.25, 0.3) is 0 Å². The molecule has 0 aromatic carbocycles. The minimum absolute atomic E-state index is 0.0860. The molecular formula is C13H18N4OS. The number of amides is 1. The Morgan fingerprint density at radius 1 is 1.58 bits per heavy atom. The summed E-state index contributed by atoms with van der Waals surface area (Å²) in [4.78, 5) is 15.3. The molecule has 0 fully saturated rings. The van der Waals surface area contributed by atoms with Crippen molar-refractivity contribution < 1.29 is 4.79 Å². The molecule has 2 heterocycles. The number of nitrogens with zero attached hydrogens (tertiary/aromatic N) is 3. The van der Waals surface area contributed by atoms with E-state index in [9.17, 15) is 4.79 Å². The van der Waals surface area contributed by atoms with Gasteiger partial charge in [0.2, 0.25) is 0 Å². The Balaban J connectivity index is 2.06. The maximum absolute atomic E-state index is 12.3. The van der Waals surface area contributed by atoms with Crippen molar-refractivity contribution in [1.29, 1.82) is 0 Å². The van der Waals surface area contributed by atoms with Gasteiger partial charge in [0.25, 0.3) is 5.91 Å². The Morgan fingerprint density at radius 2 is 2.32 bits per heavy atom. The lowest BCUT2D eigenvalue weighted by molar-refractivity contribution is 0.0787. The van der Waals surface area contributed by atoms with Gasteiger partial charge in [-0.25, -0.2) is 0 Å². The van der Waals surface area contributed by atoms with Crippen molar-refractivity contribution >= 4 is 22.9 Å². The molecule has 1 amide bonds. The molecule has 0 spiro atoms. The predicted octanol–water partition coefficient (Wildman–Crippen LogP) is 1.69. The van der Waals surface area contributed by atoms with Crippen LogP contribution in [0.1, 0.15) is 21.1 Å². The number of anilines is 1. The molecule has 2 N–H and O–H groups in total. The van der Waals surface area contributed by atoms with Gasteiger partial charge in [-0.05, 0) is 24.8 Å². The van der Waals surface area contributed by atoms with Crippen LogP contribution in [0.4, 0.5) is 5.69 Å². The highest BCUT2D eigenvalue weighted by atomic mass is 32.1. The van der Waals surface area contributed by atoms with Gasteiger partial charge in [-0.1, -0.05) is 6.07 Å². The fourth-order valence-corrected chi connectivity index (χ4v) is 2.64. The number of aryl methyl sites for hydroxylation is 2. The Labute approximate surface area is 116 Å². The highest BCUT2D eigenvalue weighted by molar-refractivity contribution is 7.09. The standard InChI is InChI=1S/C13H18N4OS/c1-9-11(14)12(17(3)15-9)13(18)16(2)7-6-10-5-4-8-19-10/h4-5,8H,6-7,14H2,1-3H3. The van der Waals surface area contributed by atoms with E-state index >= 15 is 0 Å². The van der Waals surface area contributed by atoms with Gasteiger partial charge in [0.05, 0.1) is 11.4 Å². The van der Waals surface area contributed by atoms with E-state index in [4.69, 9.17) is 5.73 Å². The second-order valence-corrected chi connectivity index (χ2v) is 5.56. The minimum Gasteiger partial charge on any atom is -0.395 e. The molecule has 2 aromatic rings. The summed E-state index contributed by atoms with van der Waals surface area (Å²) in [5.74, 6) is -0.0860. The van der Waals surface area contributed by atoms with Gasteiger partial charge < -0.3 is 10.6 Å². The first kappa shape index (κ1) is 13.6. The molecule has 19 heavy (non-hydrogen) atoms. The number of hydrogen-bond acceptors (Lipinski definition) is 4. The van der Waals surface area contributed by atoms with Gasteiger partial charge in [0, 0.05) is 25.5 Å². The summed E-state index contributed by atoms with van der Waals surface area (Å²) < 4.78 is 1.55. The van der Waals surface area contributed by atoms with Crippen LogP contribution in [0.5, 0.6) is 0 Å². The van der Waals surface area contributed by atoms with E-state index in [0.717, 1.165) is 6.42 Å². The van der Waals surface area contributed by atoms with E-state index < -0.39 is 0 Å². The number of carbonyl (C=O) groups is 1. The summed E-state index contributed by atoms with van der Waals surface area (Å²) in [6, 6.07) is 4.09. The topological polar surface area (TPSA) is 64.2 Å². The Hall–Kier alpha value is -1.82. The normalized spacial score (nSPS) is 10.7. The van der Waals surface area contributed by atoms with E-state index in [0.29, 0.717) is 23.6 Å². The van der Waals surface area contributed by atoms with Crippen molar-refractivity contribution in [2.75, 3.05) is 19.3 Å². The van der Waals surface area contributed by atoms with Gasteiger partial charge in [0.1, 0.15) is 5.69 Å². The monoisotopic (exact) mass is 278 g/mol. The van der Waals surface area contributed by atoms with Crippen LogP contribution < -0.4 is 5.73 Å². The van der Waals surface area contributed by atoms with Crippen molar-refractivity contribution in [2.45, 2.75) is 13.3 Å². The molecule has 0 aliphatic heterocycles. The molecule has 6 heteroatoms. The first-order valence-corrected chi connectivity index (χ1v) is 6.95. The SMILES string of the molecule is Cc1nn(C)c(C(=O)N(C)CCc2cccs2)c1N. The second-order valence-electron chi connectivity index (χ2n) is 4.53. The summed E-state index contributed by atoms with van der Waals surface area (Å²) in [6.45, 7) is 2.47. The number of nitrogen functional groups attached to an aromatic ring is 1. The summed E-state index contributed by atoms with van der Waals surface area (Å²) in [7, 11) is 3.53. The van der Waals surface area contributed by atoms with Crippen LogP contribution in [0.2, 0.25) is 0 Å². The Kier molecular flexibility index (Phi) is 3.90. The molecule has 5 nitrogen and oxygen atoms in total. The molecule has 0 unspecified atom stereocenters. The van der Waals surface area contributed by atoms with Crippen LogP contribution in [0.3, 0.4) is 0 Å². The summed E-state index contributed by atoms with van der Waals surface area (Å²) in [5.41, 5.74) is 7.53. The molecule has 0 aliphatic carbocycles. The van der Waals surface area contributed by atoms with Crippen molar-refractivity contribution in [1.82, 2.24) is 14.7 Å². The predicted molar refractivity (Wildman–Crippen MR) is 77.3 cm³/mol. The molecule has 0 radical (unpaired) electrons. The van der Waals surface area contributed by atoms with Crippen LogP contribution in [0.15, 0.2) is 17.5 Å². The Bertz CT molecular complexity index is 574. The average molecular weight is 278 g/mol. The van der Waals surface area contributed by atoms with E-state index in [1.54, 1.807) is 41.9 Å². The highest BCUT2D eigenvalue weighted by Gasteiger charge is 2.21. The molecule has 0 bridgehead atoms. The van der Waals surface area contributed by atoms with Gasteiger partial charge in [0.15, 0.2) is 0 Å². The first-order valence-electron chi connectivity index (χ1n) is 6.07. The average Bonchev–Trinajstić information content (AvgIpc) is 2.96. The smallest absolute Gasteiger partial charge is 0.274 e. The van der Waals surface area contributed by atoms with Crippen LogP contribution >= 0.6 is 11.3 Å². The molecule has 2 rings (SSSR count). The minimum atomic E-state index is -0.0860. The number of hydrogen-bond donors (Lipinski definition) is 1. The summed E-state index contributed by atoms with van der Waals surface area (Å²) in [5, 5.41) is 6.21. The molecule has 0 atom stereocenters. The van der Waals surface area contributed by atoms with Crippen molar-refractivity contribution in [3.63, 3.8) is 0 Å². The lowest BCUT2D eigenvalue weighted by atomic mass is 10.2. The zero-order valence-corrected chi connectivity index (χ0v) is 12.2. The van der Waals surface area contributed by atoms with Gasteiger partial charge in [-0.3, -0.25) is 9.48 Å². The third-order valence-corrected chi connectivity index (χ3v) is 4.03. The maximum atomic E-state index is 12.3. The third kappa shape index (κ3) is 2.78. The largest absolute Gasteiger partial charge is 0.395 e. The molecule has 0 aliphatic rings. The zero-order chi connectivity index (χ0) is 14.0. The number of rotatable bonds is 4. The number of aromatic nitrogens is 2.